The average molecular weight is 261 g/mol. The molecule has 0 bridgehead atoms. The molecule has 4 N–H and O–H groups in total. The van der Waals surface area contributed by atoms with Crippen molar-refractivity contribution in [2.24, 2.45) is 11.7 Å². The number of aromatic nitrogens is 1. The monoisotopic (exact) mass is 261 g/mol. The SMILES string of the molecule is NC1CCC(CNc2ccc3oc(=O)[nH]c3c2)CC1. The van der Waals surface area contributed by atoms with Crippen molar-refractivity contribution >= 4 is 16.8 Å². The number of aromatic amines is 1. The summed E-state index contributed by atoms with van der Waals surface area (Å²) in [7, 11) is 0. The van der Waals surface area contributed by atoms with Crippen molar-refractivity contribution in [3.63, 3.8) is 0 Å². The lowest BCUT2D eigenvalue weighted by Gasteiger charge is -2.26. The second-order valence-electron chi connectivity index (χ2n) is 5.39. The summed E-state index contributed by atoms with van der Waals surface area (Å²) in [5.41, 5.74) is 8.25. The summed E-state index contributed by atoms with van der Waals surface area (Å²) in [4.78, 5) is 13.7. The minimum Gasteiger partial charge on any atom is -0.408 e. The Kier molecular flexibility index (Phi) is 3.29. The smallest absolute Gasteiger partial charge is 0.408 e. The van der Waals surface area contributed by atoms with Crippen LogP contribution in [0.25, 0.3) is 11.1 Å². The molecule has 1 aliphatic carbocycles. The van der Waals surface area contributed by atoms with E-state index in [4.69, 9.17) is 10.2 Å². The van der Waals surface area contributed by atoms with E-state index in [1.807, 2.05) is 18.2 Å². The second kappa shape index (κ2) is 5.09. The van der Waals surface area contributed by atoms with Gasteiger partial charge in [-0.2, -0.15) is 0 Å². The van der Waals surface area contributed by atoms with E-state index in [1.54, 1.807) is 0 Å². The predicted molar refractivity (Wildman–Crippen MR) is 75.3 cm³/mol. The van der Waals surface area contributed by atoms with Gasteiger partial charge in [-0.05, 0) is 49.8 Å². The molecule has 1 aromatic carbocycles. The summed E-state index contributed by atoms with van der Waals surface area (Å²) in [5.74, 6) is 0.285. The van der Waals surface area contributed by atoms with Gasteiger partial charge in [0.2, 0.25) is 0 Å². The molecule has 0 unspecified atom stereocenters. The summed E-state index contributed by atoms with van der Waals surface area (Å²) < 4.78 is 4.98. The zero-order chi connectivity index (χ0) is 13.2. The van der Waals surface area contributed by atoms with Crippen LogP contribution in [-0.4, -0.2) is 17.6 Å². The maximum Gasteiger partial charge on any atom is 0.417 e. The molecule has 0 amide bonds. The highest BCUT2D eigenvalue weighted by molar-refractivity contribution is 5.76. The minimum absolute atomic E-state index is 0.392. The first kappa shape index (κ1) is 12.3. The van der Waals surface area contributed by atoms with Crippen molar-refractivity contribution in [3.8, 4) is 0 Å². The number of fused-ring (bicyclic) bond motifs is 1. The van der Waals surface area contributed by atoms with E-state index in [-0.39, 0.29) is 0 Å². The Morgan fingerprint density at radius 1 is 1.32 bits per heavy atom. The molecule has 0 aliphatic heterocycles. The summed E-state index contributed by atoms with van der Waals surface area (Å²) in [6.45, 7) is 0.959. The van der Waals surface area contributed by atoms with Crippen molar-refractivity contribution < 1.29 is 4.42 Å². The highest BCUT2D eigenvalue weighted by atomic mass is 16.4. The first-order valence-electron chi connectivity index (χ1n) is 6.83. The lowest BCUT2D eigenvalue weighted by Crippen LogP contribution is -2.29. The van der Waals surface area contributed by atoms with Crippen molar-refractivity contribution in [2.75, 3.05) is 11.9 Å². The maximum atomic E-state index is 11.1. The van der Waals surface area contributed by atoms with Gasteiger partial charge in [0, 0.05) is 18.3 Å². The van der Waals surface area contributed by atoms with Crippen LogP contribution in [0.4, 0.5) is 5.69 Å². The van der Waals surface area contributed by atoms with E-state index in [1.165, 1.54) is 12.8 Å². The molecule has 2 aromatic rings. The Morgan fingerprint density at radius 2 is 2.11 bits per heavy atom. The Balaban J connectivity index is 1.63. The minimum atomic E-state index is -0.409. The van der Waals surface area contributed by atoms with Crippen LogP contribution in [0.5, 0.6) is 0 Å². The summed E-state index contributed by atoms with van der Waals surface area (Å²) in [5, 5.41) is 3.43. The molecular weight excluding hydrogens is 242 g/mol. The molecule has 0 saturated heterocycles. The van der Waals surface area contributed by atoms with Gasteiger partial charge in [0.05, 0.1) is 5.52 Å². The van der Waals surface area contributed by atoms with Gasteiger partial charge >= 0.3 is 5.76 Å². The molecule has 0 radical (unpaired) electrons. The quantitative estimate of drug-likeness (QED) is 0.789. The number of hydrogen-bond donors (Lipinski definition) is 3. The highest BCUT2D eigenvalue weighted by Gasteiger charge is 2.18. The van der Waals surface area contributed by atoms with Gasteiger partial charge in [-0.15, -0.1) is 0 Å². The zero-order valence-electron chi connectivity index (χ0n) is 10.8. The summed E-state index contributed by atoms with van der Waals surface area (Å²) >= 11 is 0. The summed E-state index contributed by atoms with van der Waals surface area (Å²) in [6, 6.07) is 6.05. The Morgan fingerprint density at radius 3 is 2.89 bits per heavy atom. The van der Waals surface area contributed by atoms with Crippen LogP contribution in [-0.2, 0) is 0 Å². The normalized spacial score (nSPS) is 23.6. The van der Waals surface area contributed by atoms with Crippen molar-refractivity contribution in [3.05, 3.63) is 28.7 Å². The fourth-order valence-electron chi connectivity index (χ4n) is 2.72. The van der Waals surface area contributed by atoms with E-state index in [0.717, 1.165) is 30.6 Å². The molecule has 0 spiro atoms. The summed E-state index contributed by atoms with van der Waals surface area (Å²) in [6.07, 6.45) is 4.64. The van der Waals surface area contributed by atoms with E-state index >= 15 is 0 Å². The Bertz CT molecular complexity index is 608. The maximum absolute atomic E-state index is 11.1. The topological polar surface area (TPSA) is 84.0 Å². The third-order valence-corrected chi connectivity index (χ3v) is 3.91. The number of hydrogen-bond acceptors (Lipinski definition) is 4. The molecule has 19 heavy (non-hydrogen) atoms. The molecular formula is C14H19N3O2. The van der Waals surface area contributed by atoms with Crippen LogP contribution >= 0.6 is 0 Å². The van der Waals surface area contributed by atoms with Gasteiger partial charge in [-0.3, -0.25) is 4.98 Å². The number of H-pyrrole nitrogens is 1. The van der Waals surface area contributed by atoms with E-state index in [2.05, 4.69) is 10.3 Å². The van der Waals surface area contributed by atoms with E-state index < -0.39 is 5.76 Å². The number of nitrogens with one attached hydrogen (secondary N) is 2. The van der Waals surface area contributed by atoms with Gasteiger partial charge in [-0.1, -0.05) is 0 Å². The van der Waals surface area contributed by atoms with Gasteiger partial charge in [0.25, 0.3) is 0 Å². The molecule has 5 heteroatoms. The van der Waals surface area contributed by atoms with Crippen LogP contribution in [0.15, 0.2) is 27.4 Å². The van der Waals surface area contributed by atoms with Crippen LogP contribution in [0.1, 0.15) is 25.7 Å². The molecule has 1 saturated carbocycles. The van der Waals surface area contributed by atoms with Gasteiger partial charge in [0.1, 0.15) is 0 Å². The van der Waals surface area contributed by atoms with Crippen molar-refractivity contribution in [1.82, 2.24) is 4.98 Å². The molecule has 102 valence electrons. The molecule has 1 aromatic heterocycles. The molecule has 3 rings (SSSR count). The van der Waals surface area contributed by atoms with Crippen LogP contribution in [0, 0.1) is 5.92 Å². The number of anilines is 1. The number of benzene rings is 1. The average Bonchev–Trinajstić information content (AvgIpc) is 2.77. The van der Waals surface area contributed by atoms with Crippen molar-refractivity contribution in [2.45, 2.75) is 31.7 Å². The van der Waals surface area contributed by atoms with E-state index in [9.17, 15) is 4.79 Å². The Labute approximate surface area is 111 Å². The lowest BCUT2D eigenvalue weighted by molar-refractivity contribution is 0.339. The van der Waals surface area contributed by atoms with Crippen LogP contribution in [0.2, 0.25) is 0 Å². The molecule has 5 nitrogen and oxygen atoms in total. The number of rotatable bonds is 3. The number of nitrogens with two attached hydrogens (primary N) is 1. The molecule has 1 heterocycles. The predicted octanol–water partition coefficient (Wildman–Crippen LogP) is 2.05. The first-order chi connectivity index (χ1) is 9.20. The zero-order valence-corrected chi connectivity index (χ0v) is 10.8. The Hall–Kier alpha value is -1.75. The fourth-order valence-corrected chi connectivity index (χ4v) is 2.72. The van der Waals surface area contributed by atoms with E-state index in [0.29, 0.717) is 17.5 Å². The van der Waals surface area contributed by atoms with Crippen molar-refractivity contribution in [1.29, 1.82) is 0 Å². The van der Waals surface area contributed by atoms with Gasteiger partial charge in [0.15, 0.2) is 5.58 Å². The van der Waals surface area contributed by atoms with Gasteiger partial charge in [-0.25, -0.2) is 4.79 Å². The third kappa shape index (κ3) is 2.81. The standard InChI is InChI=1S/C14H19N3O2/c15-10-3-1-9(2-4-10)8-16-11-5-6-13-12(7-11)17-14(18)19-13/h5-7,9-10,16H,1-4,8,15H2,(H,17,18). The third-order valence-electron chi connectivity index (χ3n) is 3.91. The van der Waals surface area contributed by atoms with Crippen LogP contribution < -0.4 is 16.8 Å². The molecule has 0 atom stereocenters. The lowest BCUT2D eigenvalue weighted by atomic mass is 9.86. The van der Waals surface area contributed by atoms with Gasteiger partial charge < -0.3 is 15.5 Å². The molecule has 1 aliphatic rings. The van der Waals surface area contributed by atoms with Crippen LogP contribution in [0.3, 0.4) is 0 Å². The fraction of sp³-hybridized carbons (Fsp3) is 0.500. The first-order valence-corrected chi connectivity index (χ1v) is 6.83. The molecule has 1 fully saturated rings. The second-order valence-corrected chi connectivity index (χ2v) is 5.39. The largest absolute Gasteiger partial charge is 0.417 e. The highest BCUT2D eigenvalue weighted by Crippen LogP contribution is 2.24. The number of oxazole rings is 1.